The fourth-order valence-corrected chi connectivity index (χ4v) is 2.78. The first-order chi connectivity index (χ1) is 12.1. The molecule has 0 saturated heterocycles. The SMILES string of the molecule is Cc1cc(C)n(-c2ccc(C(=O)Nc3cc(C(C)(C)C)nn3C)cc2)n1. The third-order valence-electron chi connectivity index (χ3n) is 4.27. The molecule has 0 spiro atoms. The molecular formula is C20H25N5O. The number of aryl methyl sites for hydroxylation is 3. The van der Waals surface area contributed by atoms with Crippen molar-refractivity contribution in [2.75, 3.05) is 5.32 Å². The first kappa shape index (κ1) is 17.9. The van der Waals surface area contributed by atoms with Gasteiger partial charge in [-0.1, -0.05) is 20.8 Å². The Balaban J connectivity index is 1.79. The lowest BCUT2D eigenvalue weighted by Gasteiger charge is -2.13. The summed E-state index contributed by atoms with van der Waals surface area (Å²) < 4.78 is 3.57. The number of anilines is 1. The van der Waals surface area contributed by atoms with Gasteiger partial charge in [-0.05, 0) is 44.2 Å². The van der Waals surface area contributed by atoms with Gasteiger partial charge in [0.05, 0.1) is 17.1 Å². The van der Waals surface area contributed by atoms with Crippen LogP contribution in [0.25, 0.3) is 5.69 Å². The van der Waals surface area contributed by atoms with E-state index >= 15 is 0 Å². The molecule has 6 heteroatoms. The predicted octanol–water partition coefficient (Wildman–Crippen LogP) is 3.77. The lowest BCUT2D eigenvalue weighted by molar-refractivity contribution is 0.102. The Kier molecular flexibility index (Phi) is 4.44. The van der Waals surface area contributed by atoms with Crippen molar-refractivity contribution in [1.82, 2.24) is 19.6 Å². The van der Waals surface area contributed by atoms with E-state index in [4.69, 9.17) is 0 Å². The summed E-state index contributed by atoms with van der Waals surface area (Å²) in [6.07, 6.45) is 0. The summed E-state index contributed by atoms with van der Waals surface area (Å²) in [4.78, 5) is 12.6. The molecule has 0 bridgehead atoms. The number of benzene rings is 1. The van der Waals surface area contributed by atoms with Gasteiger partial charge in [-0.15, -0.1) is 0 Å². The van der Waals surface area contributed by atoms with E-state index in [9.17, 15) is 4.79 Å². The van der Waals surface area contributed by atoms with Gasteiger partial charge in [0.2, 0.25) is 0 Å². The Morgan fingerprint density at radius 2 is 1.69 bits per heavy atom. The van der Waals surface area contributed by atoms with Crippen molar-refractivity contribution in [1.29, 1.82) is 0 Å². The van der Waals surface area contributed by atoms with Crippen LogP contribution < -0.4 is 5.32 Å². The summed E-state index contributed by atoms with van der Waals surface area (Å²) in [5, 5.41) is 11.9. The highest BCUT2D eigenvalue weighted by atomic mass is 16.1. The maximum absolute atomic E-state index is 12.6. The predicted molar refractivity (Wildman–Crippen MR) is 103 cm³/mol. The lowest BCUT2D eigenvalue weighted by atomic mass is 9.92. The van der Waals surface area contributed by atoms with E-state index in [0.29, 0.717) is 11.4 Å². The summed E-state index contributed by atoms with van der Waals surface area (Å²) in [6, 6.07) is 11.4. The number of carbonyl (C=O) groups excluding carboxylic acids is 1. The van der Waals surface area contributed by atoms with Crippen LogP contribution in [0.15, 0.2) is 36.4 Å². The van der Waals surface area contributed by atoms with E-state index < -0.39 is 0 Å². The smallest absolute Gasteiger partial charge is 0.256 e. The zero-order valence-electron chi connectivity index (χ0n) is 16.2. The second-order valence-corrected chi connectivity index (χ2v) is 7.63. The second-order valence-electron chi connectivity index (χ2n) is 7.63. The lowest BCUT2D eigenvalue weighted by Crippen LogP contribution is -2.14. The van der Waals surface area contributed by atoms with Crippen LogP contribution in [0.3, 0.4) is 0 Å². The molecule has 3 aromatic rings. The third kappa shape index (κ3) is 3.54. The van der Waals surface area contributed by atoms with Gasteiger partial charge in [0, 0.05) is 29.8 Å². The fourth-order valence-electron chi connectivity index (χ4n) is 2.78. The van der Waals surface area contributed by atoms with Gasteiger partial charge in [-0.25, -0.2) is 4.68 Å². The van der Waals surface area contributed by atoms with Gasteiger partial charge in [-0.2, -0.15) is 10.2 Å². The standard InChI is InChI=1S/C20H25N5O/c1-13-11-14(2)25(22-13)16-9-7-15(8-10-16)19(26)21-18-12-17(20(3,4)5)23-24(18)6/h7-12H,1-6H3,(H,21,26). The zero-order chi connectivity index (χ0) is 19.1. The van der Waals surface area contributed by atoms with Gasteiger partial charge in [0.25, 0.3) is 5.91 Å². The molecule has 0 radical (unpaired) electrons. The number of hydrogen-bond donors (Lipinski definition) is 1. The molecule has 3 rings (SSSR count). The van der Waals surface area contributed by atoms with Crippen molar-refractivity contribution >= 4 is 11.7 Å². The van der Waals surface area contributed by atoms with Gasteiger partial charge in [0.15, 0.2) is 0 Å². The molecule has 0 fully saturated rings. The fraction of sp³-hybridized carbons (Fsp3) is 0.350. The molecule has 6 nitrogen and oxygen atoms in total. The summed E-state index contributed by atoms with van der Waals surface area (Å²) in [5.41, 5.74) is 4.42. The highest BCUT2D eigenvalue weighted by Gasteiger charge is 2.20. The minimum atomic E-state index is -0.159. The van der Waals surface area contributed by atoms with E-state index in [-0.39, 0.29) is 11.3 Å². The number of hydrogen-bond acceptors (Lipinski definition) is 3. The van der Waals surface area contributed by atoms with Crippen LogP contribution in [0.4, 0.5) is 5.82 Å². The number of nitrogens with one attached hydrogen (secondary N) is 1. The monoisotopic (exact) mass is 351 g/mol. The number of aromatic nitrogens is 4. The highest BCUT2D eigenvalue weighted by molar-refractivity contribution is 6.03. The maximum atomic E-state index is 12.6. The minimum absolute atomic E-state index is 0.0673. The van der Waals surface area contributed by atoms with Gasteiger partial charge in [-0.3, -0.25) is 9.48 Å². The van der Waals surface area contributed by atoms with Crippen LogP contribution in [-0.4, -0.2) is 25.5 Å². The van der Waals surface area contributed by atoms with Crippen molar-refractivity contribution in [3.63, 3.8) is 0 Å². The third-order valence-corrected chi connectivity index (χ3v) is 4.27. The summed E-state index contributed by atoms with van der Waals surface area (Å²) in [7, 11) is 1.83. The first-order valence-electron chi connectivity index (χ1n) is 8.65. The number of rotatable bonds is 3. The molecule has 0 atom stereocenters. The van der Waals surface area contributed by atoms with Crippen LogP contribution in [0.1, 0.15) is 48.2 Å². The average molecular weight is 351 g/mol. The molecule has 1 aromatic carbocycles. The molecule has 1 amide bonds. The van der Waals surface area contributed by atoms with E-state index in [1.165, 1.54) is 0 Å². The Hall–Kier alpha value is -2.89. The highest BCUT2D eigenvalue weighted by Crippen LogP contribution is 2.23. The Labute approximate surface area is 153 Å². The minimum Gasteiger partial charge on any atom is -0.307 e. The number of carbonyl (C=O) groups is 1. The average Bonchev–Trinajstić information content (AvgIpc) is 3.09. The van der Waals surface area contributed by atoms with Gasteiger partial charge < -0.3 is 5.32 Å². The van der Waals surface area contributed by atoms with E-state index in [0.717, 1.165) is 22.8 Å². The van der Waals surface area contributed by atoms with Crippen molar-refractivity contribution in [2.24, 2.45) is 7.05 Å². The molecule has 0 saturated carbocycles. The van der Waals surface area contributed by atoms with E-state index in [1.807, 2.05) is 62.0 Å². The Morgan fingerprint density at radius 1 is 1.04 bits per heavy atom. The van der Waals surface area contributed by atoms with Crippen molar-refractivity contribution < 1.29 is 4.79 Å². The van der Waals surface area contributed by atoms with Gasteiger partial charge in [0.1, 0.15) is 5.82 Å². The number of nitrogens with zero attached hydrogens (tertiary/aromatic N) is 4. The summed E-state index contributed by atoms with van der Waals surface area (Å²) in [6.45, 7) is 10.3. The molecule has 0 aliphatic carbocycles. The molecule has 2 aromatic heterocycles. The second kappa shape index (κ2) is 6.44. The van der Waals surface area contributed by atoms with Crippen molar-refractivity contribution in [2.45, 2.75) is 40.0 Å². The van der Waals surface area contributed by atoms with E-state index in [1.54, 1.807) is 4.68 Å². The largest absolute Gasteiger partial charge is 0.307 e. The molecule has 26 heavy (non-hydrogen) atoms. The Bertz CT molecular complexity index is 942. The zero-order valence-corrected chi connectivity index (χ0v) is 16.2. The van der Waals surface area contributed by atoms with Crippen LogP contribution in [0.5, 0.6) is 0 Å². The normalized spacial score (nSPS) is 11.6. The molecule has 2 heterocycles. The van der Waals surface area contributed by atoms with E-state index in [2.05, 4.69) is 36.3 Å². The molecule has 0 unspecified atom stereocenters. The summed E-state index contributed by atoms with van der Waals surface area (Å²) >= 11 is 0. The topological polar surface area (TPSA) is 64.7 Å². The number of amides is 1. The van der Waals surface area contributed by atoms with Crippen LogP contribution in [0, 0.1) is 13.8 Å². The maximum Gasteiger partial charge on any atom is 0.256 e. The first-order valence-corrected chi connectivity index (χ1v) is 8.65. The molecular weight excluding hydrogens is 326 g/mol. The van der Waals surface area contributed by atoms with Crippen LogP contribution in [-0.2, 0) is 12.5 Å². The van der Waals surface area contributed by atoms with Crippen molar-refractivity contribution in [3.05, 3.63) is 59.0 Å². The van der Waals surface area contributed by atoms with Gasteiger partial charge >= 0.3 is 0 Å². The van der Waals surface area contributed by atoms with Crippen LogP contribution >= 0.6 is 0 Å². The molecule has 136 valence electrons. The van der Waals surface area contributed by atoms with Crippen LogP contribution in [0.2, 0.25) is 0 Å². The quantitative estimate of drug-likeness (QED) is 0.781. The Morgan fingerprint density at radius 3 is 2.19 bits per heavy atom. The molecule has 1 N–H and O–H groups in total. The molecule has 0 aliphatic heterocycles. The molecule has 0 aliphatic rings. The summed E-state index contributed by atoms with van der Waals surface area (Å²) in [5.74, 6) is 0.524. The van der Waals surface area contributed by atoms with Crippen molar-refractivity contribution in [3.8, 4) is 5.69 Å².